The average molecular weight is 428 g/mol. The molecule has 6 heteroatoms. The Kier molecular flexibility index (Phi) is 5.88. The van der Waals surface area contributed by atoms with Gasteiger partial charge >= 0.3 is 0 Å². The van der Waals surface area contributed by atoms with Crippen molar-refractivity contribution in [2.45, 2.75) is 45.8 Å². The van der Waals surface area contributed by atoms with E-state index in [-0.39, 0.29) is 11.9 Å². The third-order valence-corrected chi connectivity index (χ3v) is 6.53. The van der Waals surface area contributed by atoms with E-state index in [9.17, 15) is 9.90 Å². The number of aliphatic hydroxyl groups is 1. The SMILES string of the molecule is CC(C)(C)C(O)C(=O)N1CCN(C2c3ccc(Cl)cc3CCc3cccnc32)CC1. The number of hydrogen-bond donors (Lipinski definition) is 1. The number of halogens is 1. The second-order valence-corrected chi connectivity index (χ2v) is 9.86. The van der Waals surface area contributed by atoms with Gasteiger partial charge in [0.05, 0.1) is 11.7 Å². The Hall–Kier alpha value is -1.95. The van der Waals surface area contributed by atoms with E-state index in [1.165, 1.54) is 16.7 Å². The molecule has 1 aromatic carbocycles. The summed E-state index contributed by atoms with van der Waals surface area (Å²) in [7, 11) is 0. The second kappa shape index (κ2) is 8.29. The minimum atomic E-state index is -0.979. The van der Waals surface area contributed by atoms with Gasteiger partial charge in [0.2, 0.25) is 0 Å². The predicted octanol–water partition coefficient (Wildman–Crippen LogP) is 3.47. The lowest BCUT2D eigenvalue weighted by Crippen LogP contribution is -2.54. The van der Waals surface area contributed by atoms with Crippen LogP contribution in [0.2, 0.25) is 5.02 Å². The van der Waals surface area contributed by atoms with Crippen LogP contribution in [-0.4, -0.2) is 58.1 Å². The van der Waals surface area contributed by atoms with Crippen molar-refractivity contribution in [2.75, 3.05) is 26.2 Å². The van der Waals surface area contributed by atoms with Crippen LogP contribution in [0.4, 0.5) is 0 Å². The standard InChI is InChI=1S/C24H30ClN3O2/c1-24(2,3)22(29)23(30)28-13-11-27(12-14-28)21-19-9-8-18(25)15-17(19)7-6-16-5-4-10-26-20(16)21/h4-5,8-10,15,21-22,29H,6-7,11-14H2,1-3H3. The molecule has 2 heterocycles. The van der Waals surface area contributed by atoms with Crippen LogP contribution in [0, 0.1) is 5.41 Å². The number of piperazine rings is 1. The van der Waals surface area contributed by atoms with Crippen molar-refractivity contribution >= 4 is 17.5 Å². The van der Waals surface area contributed by atoms with Gasteiger partial charge in [-0.25, -0.2) is 0 Å². The topological polar surface area (TPSA) is 56.7 Å². The molecule has 1 aliphatic heterocycles. The number of carbonyl (C=O) groups is 1. The van der Waals surface area contributed by atoms with Crippen molar-refractivity contribution in [1.29, 1.82) is 0 Å². The summed E-state index contributed by atoms with van der Waals surface area (Å²) in [5.41, 5.74) is 4.44. The first-order chi connectivity index (χ1) is 14.3. The van der Waals surface area contributed by atoms with Crippen molar-refractivity contribution in [3.8, 4) is 0 Å². The van der Waals surface area contributed by atoms with Crippen LogP contribution in [0.15, 0.2) is 36.5 Å². The van der Waals surface area contributed by atoms with Gasteiger partial charge in [-0.1, -0.05) is 44.5 Å². The number of carbonyl (C=O) groups excluding carboxylic acids is 1. The molecule has 160 valence electrons. The van der Waals surface area contributed by atoms with Crippen LogP contribution in [-0.2, 0) is 17.6 Å². The quantitative estimate of drug-likeness (QED) is 0.797. The van der Waals surface area contributed by atoms with E-state index in [0.29, 0.717) is 13.1 Å². The van der Waals surface area contributed by atoms with Gasteiger partial charge in [-0.05, 0) is 53.1 Å². The van der Waals surface area contributed by atoms with Gasteiger partial charge in [-0.3, -0.25) is 14.7 Å². The van der Waals surface area contributed by atoms with Crippen LogP contribution in [0.3, 0.4) is 0 Å². The molecule has 1 amide bonds. The van der Waals surface area contributed by atoms with Crippen molar-refractivity contribution < 1.29 is 9.90 Å². The van der Waals surface area contributed by atoms with Gasteiger partial charge in [0.1, 0.15) is 6.10 Å². The van der Waals surface area contributed by atoms with Crippen LogP contribution < -0.4 is 0 Å². The Labute approximate surface area is 183 Å². The fraction of sp³-hybridized carbons (Fsp3) is 0.500. The fourth-order valence-corrected chi connectivity index (χ4v) is 4.69. The number of aliphatic hydroxyl groups excluding tert-OH is 1. The summed E-state index contributed by atoms with van der Waals surface area (Å²) in [5.74, 6) is -0.172. The molecule has 1 saturated heterocycles. The Morgan fingerprint density at radius 1 is 1.13 bits per heavy atom. The van der Waals surface area contributed by atoms with Crippen molar-refractivity contribution in [3.63, 3.8) is 0 Å². The third kappa shape index (κ3) is 4.11. The number of nitrogens with zero attached hydrogens (tertiary/aromatic N) is 3. The molecule has 0 saturated carbocycles. The minimum absolute atomic E-state index is 0.0563. The van der Waals surface area contributed by atoms with Gasteiger partial charge in [-0.15, -0.1) is 0 Å². The summed E-state index contributed by atoms with van der Waals surface area (Å²) >= 11 is 6.30. The van der Waals surface area contributed by atoms with E-state index in [2.05, 4.69) is 23.1 Å². The first-order valence-corrected chi connectivity index (χ1v) is 11.1. The molecule has 1 fully saturated rings. The Bertz CT molecular complexity index is 932. The van der Waals surface area contributed by atoms with E-state index in [4.69, 9.17) is 16.6 Å². The van der Waals surface area contributed by atoms with Crippen molar-refractivity contribution in [3.05, 3.63) is 63.9 Å². The zero-order valence-electron chi connectivity index (χ0n) is 17.9. The van der Waals surface area contributed by atoms with Gasteiger partial charge in [0, 0.05) is 37.4 Å². The van der Waals surface area contributed by atoms with Gasteiger partial charge < -0.3 is 10.0 Å². The van der Waals surface area contributed by atoms with Crippen molar-refractivity contribution in [2.24, 2.45) is 5.41 Å². The molecule has 2 aromatic rings. The monoisotopic (exact) mass is 427 g/mol. The Morgan fingerprint density at radius 2 is 1.83 bits per heavy atom. The van der Waals surface area contributed by atoms with E-state index in [1.807, 2.05) is 39.1 Å². The highest BCUT2D eigenvalue weighted by atomic mass is 35.5. The second-order valence-electron chi connectivity index (χ2n) is 9.42. The largest absolute Gasteiger partial charge is 0.383 e. The molecule has 2 aliphatic rings. The molecule has 1 aliphatic carbocycles. The zero-order valence-corrected chi connectivity index (χ0v) is 18.7. The summed E-state index contributed by atoms with van der Waals surface area (Å²) in [6.45, 7) is 8.36. The third-order valence-electron chi connectivity index (χ3n) is 6.29. The molecule has 1 aromatic heterocycles. The number of rotatable bonds is 2. The summed E-state index contributed by atoms with van der Waals surface area (Å²) < 4.78 is 0. The Balaban J connectivity index is 1.60. The molecule has 2 unspecified atom stereocenters. The van der Waals surface area contributed by atoms with E-state index < -0.39 is 11.5 Å². The number of aryl methyl sites for hydroxylation is 2. The molecule has 0 radical (unpaired) electrons. The highest BCUT2D eigenvalue weighted by molar-refractivity contribution is 6.30. The van der Waals surface area contributed by atoms with E-state index >= 15 is 0 Å². The zero-order chi connectivity index (χ0) is 21.5. The number of benzene rings is 1. The van der Waals surface area contributed by atoms with E-state index in [1.54, 1.807) is 4.90 Å². The lowest BCUT2D eigenvalue weighted by Gasteiger charge is -2.41. The van der Waals surface area contributed by atoms with Crippen LogP contribution in [0.25, 0.3) is 0 Å². The summed E-state index contributed by atoms with van der Waals surface area (Å²) in [5, 5.41) is 11.2. The first-order valence-electron chi connectivity index (χ1n) is 10.7. The highest BCUT2D eigenvalue weighted by Crippen LogP contribution is 2.37. The first kappa shape index (κ1) is 21.3. The molecule has 4 rings (SSSR count). The number of fused-ring (bicyclic) bond motifs is 2. The molecule has 0 spiro atoms. The maximum atomic E-state index is 12.7. The number of amides is 1. The molecular formula is C24H30ClN3O2. The molecular weight excluding hydrogens is 398 g/mol. The van der Waals surface area contributed by atoms with Crippen LogP contribution in [0.1, 0.15) is 49.2 Å². The fourth-order valence-electron chi connectivity index (χ4n) is 4.50. The summed E-state index contributed by atoms with van der Waals surface area (Å²) in [6.07, 6.45) is 2.78. The highest BCUT2D eigenvalue weighted by Gasteiger charge is 2.36. The van der Waals surface area contributed by atoms with Gasteiger partial charge in [0.25, 0.3) is 5.91 Å². The smallest absolute Gasteiger partial charge is 0.252 e. The minimum Gasteiger partial charge on any atom is -0.383 e. The number of aromatic nitrogens is 1. The molecule has 5 nitrogen and oxygen atoms in total. The lowest BCUT2D eigenvalue weighted by molar-refractivity contribution is -0.147. The average Bonchev–Trinajstić information content (AvgIpc) is 2.89. The van der Waals surface area contributed by atoms with Crippen molar-refractivity contribution in [1.82, 2.24) is 14.8 Å². The van der Waals surface area contributed by atoms with E-state index in [0.717, 1.165) is 36.6 Å². The molecule has 30 heavy (non-hydrogen) atoms. The molecule has 0 bridgehead atoms. The maximum Gasteiger partial charge on any atom is 0.252 e. The van der Waals surface area contributed by atoms with Crippen LogP contribution in [0.5, 0.6) is 0 Å². The summed E-state index contributed by atoms with van der Waals surface area (Å²) in [4.78, 5) is 21.7. The molecule has 1 N–H and O–H groups in total. The van der Waals surface area contributed by atoms with Gasteiger partial charge in [0.15, 0.2) is 0 Å². The van der Waals surface area contributed by atoms with Crippen LogP contribution >= 0.6 is 11.6 Å². The number of hydrogen-bond acceptors (Lipinski definition) is 4. The normalized spacial score (nSPS) is 20.8. The number of pyridine rings is 1. The molecule has 2 atom stereocenters. The summed E-state index contributed by atoms with van der Waals surface area (Å²) in [6, 6.07) is 10.4. The Morgan fingerprint density at radius 3 is 2.53 bits per heavy atom. The maximum absolute atomic E-state index is 12.7. The van der Waals surface area contributed by atoms with Gasteiger partial charge in [-0.2, -0.15) is 0 Å². The lowest BCUT2D eigenvalue weighted by atomic mass is 9.88. The predicted molar refractivity (Wildman–Crippen MR) is 119 cm³/mol.